The van der Waals surface area contributed by atoms with Crippen molar-refractivity contribution in [1.82, 2.24) is 4.98 Å². The van der Waals surface area contributed by atoms with Gasteiger partial charge in [0.1, 0.15) is 5.82 Å². The lowest BCUT2D eigenvalue weighted by Gasteiger charge is -2.10. The van der Waals surface area contributed by atoms with Crippen molar-refractivity contribution in [2.45, 2.75) is 11.8 Å². The van der Waals surface area contributed by atoms with Crippen molar-refractivity contribution in [2.24, 2.45) is 0 Å². The zero-order chi connectivity index (χ0) is 14.0. The molecule has 0 bridgehead atoms. The van der Waals surface area contributed by atoms with Crippen molar-refractivity contribution < 1.29 is 8.42 Å². The molecule has 0 saturated heterocycles. The Morgan fingerprint density at radius 3 is 2.42 bits per heavy atom. The van der Waals surface area contributed by atoms with Crippen molar-refractivity contribution >= 4 is 47.7 Å². The Labute approximate surface area is 128 Å². The van der Waals surface area contributed by atoms with Gasteiger partial charge in [0.15, 0.2) is 0 Å². The van der Waals surface area contributed by atoms with Crippen molar-refractivity contribution in [3.8, 4) is 0 Å². The van der Waals surface area contributed by atoms with Crippen LogP contribution in [0, 0.1) is 6.92 Å². The lowest BCUT2D eigenvalue weighted by Crippen LogP contribution is -2.15. The number of nitrogens with one attached hydrogen (secondary N) is 1. The lowest BCUT2D eigenvalue weighted by molar-refractivity contribution is 0.600. The van der Waals surface area contributed by atoms with E-state index in [1.165, 1.54) is 6.20 Å². The van der Waals surface area contributed by atoms with Gasteiger partial charge in [0, 0.05) is 15.1 Å². The number of nitrogens with zero attached hydrogens (tertiary/aromatic N) is 1. The number of sulfonamides is 1. The van der Waals surface area contributed by atoms with E-state index in [9.17, 15) is 8.42 Å². The number of aryl methyl sites for hydroxylation is 1. The molecule has 4 nitrogen and oxygen atoms in total. The van der Waals surface area contributed by atoms with Crippen LogP contribution in [0.25, 0.3) is 0 Å². The fourth-order valence-electron chi connectivity index (χ4n) is 1.49. The molecule has 100 valence electrons. The summed E-state index contributed by atoms with van der Waals surface area (Å²) in [6, 6.07) is 8.42. The molecule has 1 heterocycles. The van der Waals surface area contributed by atoms with Crippen molar-refractivity contribution in [3.63, 3.8) is 0 Å². The Kier molecular flexibility index (Phi) is 4.27. The van der Waals surface area contributed by atoms with E-state index in [1.807, 2.05) is 0 Å². The summed E-state index contributed by atoms with van der Waals surface area (Å²) in [5.41, 5.74) is 0.674. The molecule has 0 spiro atoms. The summed E-state index contributed by atoms with van der Waals surface area (Å²) in [5, 5.41) is 0. The van der Waals surface area contributed by atoms with E-state index in [0.717, 1.165) is 4.47 Å². The maximum atomic E-state index is 12.3. The minimum atomic E-state index is -3.64. The van der Waals surface area contributed by atoms with Crippen LogP contribution >= 0.6 is 31.9 Å². The van der Waals surface area contributed by atoms with E-state index >= 15 is 0 Å². The minimum absolute atomic E-state index is 0.228. The third kappa shape index (κ3) is 3.55. The van der Waals surface area contributed by atoms with Gasteiger partial charge in [0.2, 0.25) is 0 Å². The van der Waals surface area contributed by atoms with E-state index < -0.39 is 10.0 Å². The maximum Gasteiger partial charge on any atom is 0.263 e. The molecule has 0 radical (unpaired) electrons. The number of aromatic nitrogens is 1. The Balaban J connectivity index is 2.37. The van der Waals surface area contributed by atoms with Gasteiger partial charge in [-0.1, -0.05) is 22.0 Å². The molecular formula is C12H10Br2N2O2S. The van der Waals surface area contributed by atoms with Gasteiger partial charge < -0.3 is 0 Å². The molecule has 0 aliphatic carbocycles. The number of anilines is 1. The van der Waals surface area contributed by atoms with Crippen LogP contribution in [0.1, 0.15) is 5.56 Å². The summed E-state index contributed by atoms with van der Waals surface area (Å²) in [4.78, 5) is 4.22. The first kappa shape index (κ1) is 14.5. The molecule has 0 fully saturated rings. The van der Waals surface area contributed by atoms with Gasteiger partial charge in [-0.15, -0.1) is 0 Å². The van der Waals surface area contributed by atoms with Gasteiger partial charge in [-0.2, -0.15) is 0 Å². The zero-order valence-electron chi connectivity index (χ0n) is 9.89. The molecule has 2 aromatic rings. The van der Waals surface area contributed by atoms with Gasteiger partial charge in [0.05, 0.1) is 4.90 Å². The quantitative estimate of drug-likeness (QED) is 0.846. The summed E-state index contributed by atoms with van der Waals surface area (Å²) in [6.45, 7) is 1.75. The highest BCUT2D eigenvalue weighted by Gasteiger charge is 2.17. The molecule has 19 heavy (non-hydrogen) atoms. The number of hydrogen-bond donors (Lipinski definition) is 1. The third-order valence-electron chi connectivity index (χ3n) is 2.41. The fraction of sp³-hybridized carbons (Fsp3) is 0.0833. The van der Waals surface area contributed by atoms with E-state index in [2.05, 4.69) is 41.6 Å². The molecule has 0 unspecified atom stereocenters. The first-order valence-electron chi connectivity index (χ1n) is 5.29. The predicted octanol–water partition coefficient (Wildman–Crippen LogP) is 3.72. The monoisotopic (exact) mass is 404 g/mol. The van der Waals surface area contributed by atoms with Gasteiger partial charge >= 0.3 is 0 Å². The number of pyridine rings is 1. The highest BCUT2D eigenvalue weighted by Crippen LogP contribution is 2.22. The SMILES string of the molecule is Cc1ccc(Br)cc1S(=O)(=O)Nc1ccc(Br)cn1. The molecule has 2 rings (SSSR count). The first-order chi connectivity index (χ1) is 8.88. The standard InChI is InChI=1S/C12H10Br2N2O2S/c1-8-2-3-9(13)6-11(8)19(17,18)16-12-5-4-10(14)7-15-12/h2-7H,1H3,(H,15,16). The molecule has 0 saturated carbocycles. The zero-order valence-corrected chi connectivity index (χ0v) is 13.9. The smallest absolute Gasteiger partial charge is 0.263 e. The Hall–Kier alpha value is -0.920. The fourth-order valence-corrected chi connectivity index (χ4v) is 3.52. The summed E-state index contributed by atoms with van der Waals surface area (Å²) in [6.07, 6.45) is 1.53. The van der Waals surface area contributed by atoms with Crippen LogP contribution in [-0.2, 0) is 10.0 Å². The summed E-state index contributed by atoms with van der Waals surface area (Å²) < 4.78 is 28.5. The van der Waals surface area contributed by atoms with Crippen LogP contribution in [0.4, 0.5) is 5.82 Å². The van der Waals surface area contributed by atoms with E-state index in [4.69, 9.17) is 0 Å². The van der Waals surface area contributed by atoms with Crippen LogP contribution in [-0.4, -0.2) is 13.4 Å². The highest BCUT2D eigenvalue weighted by molar-refractivity contribution is 9.10. The number of hydrogen-bond acceptors (Lipinski definition) is 3. The van der Waals surface area contributed by atoms with E-state index in [1.54, 1.807) is 37.3 Å². The lowest BCUT2D eigenvalue weighted by atomic mass is 10.2. The Morgan fingerprint density at radius 2 is 1.79 bits per heavy atom. The second kappa shape index (κ2) is 5.60. The van der Waals surface area contributed by atoms with E-state index in [0.29, 0.717) is 10.0 Å². The maximum absolute atomic E-state index is 12.3. The minimum Gasteiger partial charge on any atom is -0.263 e. The Bertz CT molecular complexity index is 700. The topological polar surface area (TPSA) is 59.1 Å². The largest absolute Gasteiger partial charge is 0.263 e. The van der Waals surface area contributed by atoms with Crippen molar-refractivity contribution in [3.05, 3.63) is 51.0 Å². The van der Waals surface area contributed by atoms with Gasteiger partial charge in [0.25, 0.3) is 10.0 Å². The Morgan fingerprint density at radius 1 is 1.11 bits per heavy atom. The first-order valence-corrected chi connectivity index (χ1v) is 8.36. The van der Waals surface area contributed by atoms with Crippen LogP contribution in [0.2, 0.25) is 0 Å². The summed E-state index contributed by atoms with van der Waals surface area (Å²) >= 11 is 6.51. The summed E-state index contributed by atoms with van der Waals surface area (Å²) in [7, 11) is -3.64. The van der Waals surface area contributed by atoms with Gasteiger partial charge in [-0.25, -0.2) is 13.4 Å². The van der Waals surface area contributed by atoms with Crippen LogP contribution in [0.15, 0.2) is 50.4 Å². The molecular weight excluding hydrogens is 396 g/mol. The second-order valence-electron chi connectivity index (χ2n) is 3.88. The number of benzene rings is 1. The van der Waals surface area contributed by atoms with Crippen LogP contribution < -0.4 is 4.72 Å². The summed E-state index contributed by atoms with van der Waals surface area (Å²) in [5.74, 6) is 0.280. The highest BCUT2D eigenvalue weighted by atomic mass is 79.9. The molecule has 0 amide bonds. The third-order valence-corrected chi connectivity index (χ3v) is 4.87. The van der Waals surface area contributed by atoms with Crippen LogP contribution in [0.5, 0.6) is 0 Å². The van der Waals surface area contributed by atoms with E-state index in [-0.39, 0.29) is 10.7 Å². The van der Waals surface area contributed by atoms with Gasteiger partial charge in [-0.3, -0.25) is 4.72 Å². The second-order valence-corrected chi connectivity index (χ2v) is 7.36. The molecule has 0 aliphatic rings. The van der Waals surface area contributed by atoms with Gasteiger partial charge in [-0.05, 0) is 52.7 Å². The van der Waals surface area contributed by atoms with Crippen molar-refractivity contribution in [1.29, 1.82) is 0 Å². The molecule has 1 aromatic carbocycles. The molecule has 0 aliphatic heterocycles. The molecule has 1 N–H and O–H groups in total. The molecule has 7 heteroatoms. The normalized spacial score (nSPS) is 11.3. The molecule has 1 aromatic heterocycles. The average Bonchev–Trinajstić information content (AvgIpc) is 2.35. The number of halogens is 2. The van der Waals surface area contributed by atoms with Crippen molar-refractivity contribution in [2.75, 3.05) is 4.72 Å². The predicted molar refractivity (Wildman–Crippen MR) is 81.6 cm³/mol. The molecule has 0 atom stereocenters. The average molecular weight is 406 g/mol. The van der Waals surface area contributed by atoms with Crippen LogP contribution in [0.3, 0.4) is 0 Å². The number of rotatable bonds is 3.